The third kappa shape index (κ3) is 8.91. The summed E-state index contributed by atoms with van der Waals surface area (Å²) in [5, 5.41) is 0. The molecule has 2 rings (SSSR count). The summed E-state index contributed by atoms with van der Waals surface area (Å²) < 4.78 is 11.3. The number of ether oxygens (including phenoxy) is 2. The number of nitrogens with zero attached hydrogens (tertiary/aromatic N) is 1. The first-order chi connectivity index (χ1) is 14.9. The maximum Gasteiger partial charge on any atom is 0.306 e. The number of carbonyl (C=O) groups excluding carboxylic acids is 2. The summed E-state index contributed by atoms with van der Waals surface area (Å²) in [6.45, 7) is 7.53. The fourth-order valence-corrected chi connectivity index (χ4v) is 3.63. The lowest BCUT2D eigenvalue weighted by atomic mass is 9.95. The van der Waals surface area contributed by atoms with Gasteiger partial charge < -0.3 is 9.47 Å². The third-order valence-electron chi connectivity index (χ3n) is 5.41. The van der Waals surface area contributed by atoms with Crippen LogP contribution in [-0.4, -0.2) is 29.1 Å². The smallest absolute Gasteiger partial charge is 0.306 e. The molecule has 0 radical (unpaired) electrons. The first kappa shape index (κ1) is 24.6. The van der Waals surface area contributed by atoms with Crippen LogP contribution in [0.5, 0.6) is 0 Å². The summed E-state index contributed by atoms with van der Waals surface area (Å²) >= 11 is 0. The van der Waals surface area contributed by atoms with Crippen LogP contribution in [0.15, 0.2) is 60.3 Å². The van der Waals surface area contributed by atoms with Crippen molar-refractivity contribution in [1.82, 2.24) is 4.98 Å². The summed E-state index contributed by atoms with van der Waals surface area (Å²) in [7, 11) is 0. The maximum atomic E-state index is 12.4. The van der Waals surface area contributed by atoms with Gasteiger partial charge in [0, 0.05) is 37.1 Å². The van der Waals surface area contributed by atoms with Crippen LogP contribution in [0.4, 0.5) is 0 Å². The van der Waals surface area contributed by atoms with Gasteiger partial charge in [-0.3, -0.25) is 14.6 Å². The summed E-state index contributed by atoms with van der Waals surface area (Å²) in [6, 6.07) is 5.89. The van der Waals surface area contributed by atoms with E-state index in [1.165, 1.54) is 6.92 Å². The van der Waals surface area contributed by atoms with E-state index < -0.39 is 0 Å². The molecule has 0 N–H and O–H groups in total. The Hall–Kier alpha value is -2.69. The second kappa shape index (κ2) is 12.9. The quantitative estimate of drug-likeness (QED) is 0.345. The van der Waals surface area contributed by atoms with E-state index in [1.54, 1.807) is 6.20 Å². The highest BCUT2D eigenvalue weighted by molar-refractivity contribution is 5.70. The molecule has 168 valence electrons. The minimum Gasteiger partial charge on any atom is -0.458 e. The zero-order chi connectivity index (χ0) is 22.6. The lowest BCUT2D eigenvalue weighted by molar-refractivity contribution is -0.148. The number of allylic oxidation sites excluding steroid dienone is 3. The predicted octanol–water partition coefficient (Wildman–Crippen LogP) is 5.69. The number of rotatable bonds is 5. The fraction of sp³-hybridized carbons (Fsp3) is 0.500. The van der Waals surface area contributed by atoms with Gasteiger partial charge >= 0.3 is 11.9 Å². The van der Waals surface area contributed by atoms with Crippen LogP contribution in [0.2, 0.25) is 0 Å². The van der Waals surface area contributed by atoms with Gasteiger partial charge in [-0.05, 0) is 50.0 Å². The summed E-state index contributed by atoms with van der Waals surface area (Å²) in [5.74, 6) is -0.299. The van der Waals surface area contributed by atoms with Gasteiger partial charge in [-0.25, -0.2) is 0 Å². The van der Waals surface area contributed by atoms with Crippen molar-refractivity contribution in [2.75, 3.05) is 0 Å². The lowest BCUT2D eigenvalue weighted by Crippen LogP contribution is -2.26. The van der Waals surface area contributed by atoms with E-state index in [9.17, 15) is 9.59 Å². The van der Waals surface area contributed by atoms with Gasteiger partial charge in [0.1, 0.15) is 12.2 Å². The normalized spacial score (nSPS) is 25.7. The Morgan fingerprint density at radius 1 is 1.23 bits per heavy atom. The molecule has 31 heavy (non-hydrogen) atoms. The highest BCUT2D eigenvalue weighted by Gasteiger charge is 2.22. The second-order valence-electron chi connectivity index (χ2n) is 8.24. The van der Waals surface area contributed by atoms with Gasteiger partial charge in [0.2, 0.25) is 0 Å². The van der Waals surface area contributed by atoms with Crippen LogP contribution < -0.4 is 0 Å². The monoisotopic (exact) mass is 425 g/mol. The topological polar surface area (TPSA) is 65.5 Å². The lowest BCUT2D eigenvalue weighted by Gasteiger charge is -2.24. The Labute approximate surface area is 186 Å². The van der Waals surface area contributed by atoms with Crippen molar-refractivity contribution in [3.63, 3.8) is 0 Å². The van der Waals surface area contributed by atoms with Gasteiger partial charge in [0.25, 0.3) is 0 Å². The second-order valence-corrected chi connectivity index (χ2v) is 8.24. The van der Waals surface area contributed by atoms with Gasteiger partial charge in [-0.1, -0.05) is 50.6 Å². The van der Waals surface area contributed by atoms with E-state index in [1.807, 2.05) is 56.4 Å². The third-order valence-corrected chi connectivity index (χ3v) is 5.41. The average Bonchev–Trinajstić information content (AvgIpc) is 2.74. The van der Waals surface area contributed by atoms with E-state index in [0.717, 1.165) is 37.0 Å². The molecule has 1 aliphatic heterocycles. The van der Waals surface area contributed by atoms with E-state index >= 15 is 0 Å². The van der Waals surface area contributed by atoms with Crippen molar-refractivity contribution in [1.29, 1.82) is 0 Å². The Balaban J connectivity index is 2.15. The molecular formula is C26H35NO4. The number of aromatic nitrogens is 1. The minimum absolute atomic E-state index is 0.0423. The van der Waals surface area contributed by atoms with E-state index in [0.29, 0.717) is 6.42 Å². The number of hydrogen-bond donors (Lipinski definition) is 0. The largest absolute Gasteiger partial charge is 0.458 e. The van der Waals surface area contributed by atoms with Crippen molar-refractivity contribution in [2.45, 2.75) is 77.9 Å². The molecule has 0 bridgehead atoms. The predicted molar refractivity (Wildman–Crippen MR) is 122 cm³/mol. The zero-order valence-electron chi connectivity index (χ0n) is 19.1. The molecule has 0 saturated heterocycles. The molecule has 0 unspecified atom stereocenters. The van der Waals surface area contributed by atoms with E-state index in [4.69, 9.17) is 9.47 Å². The van der Waals surface area contributed by atoms with Crippen LogP contribution >= 0.6 is 0 Å². The molecule has 2 heterocycles. The highest BCUT2D eigenvalue weighted by Crippen LogP contribution is 2.22. The highest BCUT2D eigenvalue weighted by atomic mass is 16.5. The van der Waals surface area contributed by atoms with Gasteiger partial charge in [-0.2, -0.15) is 0 Å². The molecule has 1 aliphatic rings. The van der Waals surface area contributed by atoms with Crippen molar-refractivity contribution in [3.8, 4) is 0 Å². The molecule has 0 aliphatic carbocycles. The van der Waals surface area contributed by atoms with Gasteiger partial charge in [0.05, 0.1) is 0 Å². The van der Waals surface area contributed by atoms with Crippen LogP contribution in [0.3, 0.4) is 0 Å². The Morgan fingerprint density at radius 3 is 2.74 bits per heavy atom. The SMILES string of the molecule is CC(=O)O[C@H]1/C=C/[C@H](C)[C@@H](/C(C)=C/C=C/[C@H](C)c2ccccn2)OC(=O)CCCCC1. The van der Waals surface area contributed by atoms with E-state index in [-0.39, 0.29) is 36.0 Å². The van der Waals surface area contributed by atoms with Crippen molar-refractivity contribution >= 4 is 11.9 Å². The number of hydrogen-bond acceptors (Lipinski definition) is 5. The number of cyclic esters (lactones) is 1. The van der Waals surface area contributed by atoms with Crippen molar-refractivity contribution in [3.05, 3.63) is 66.0 Å². The molecule has 5 heteroatoms. The molecule has 1 aromatic rings. The standard InChI is InChI=1S/C26H35NO4/c1-19(24-14-8-9-18-27-24)11-10-12-20(2)26-21(3)16-17-23(30-22(4)28)13-6-5-7-15-25(29)31-26/h8-12,14,16-19,21,23,26H,5-7,13,15H2,1-4H3/b11-10+,17-16+,20-12+/t19-,21-,23+,26+/m0/s1. The zero-order valence-corrected chi connectivity index (χ0v) is 19.1. The van der Waals surface area contributed by atoms with Crippen LogP contribution in [0.1, 0.15) is 71.4 Å². The molecule has 0 spiro atoms. The number of esters is 2. The molecule has 5 nitrogen and oxygen atoms in total. The summed E-state index contributed by atoms with van der Waals surface area (Å²) in [5.41, 5.74) is 1.98. The minimum atomic E-state index is -0.365. The van der Waals surface area contributed by atoms with Crippen molar-refractivity contribution < 1.29 is 19.1 Å². The van der Waals surface area contributed by atoms with Crippen LogP contribution in [0, 0.1) is 5.92 Å². The molecule has 4 atom stereocenters. The fourth-order valence-electron chi connectivity index (χ4n) is 3.63. The Morgan fingerprint density at radius 2 is 2.03 bits per heavy atom. The molecule has 0 fully saturated rings. The molecular weight excluding hydrogens is 390 g/mol. The first-order valence-corrected chi connectivity index (χ1v) is 11.2. The van der Waals surface area contributed by atoms with E-state index in [2.05, 4.69) is 18.0 Å². The molecule has 1 aromatic heterocycles. The van der Waals surface area contributed by atoms with Crippen LogP contribution in [0.25, 0.3) is 0 Å². The maximum absolute atomic E-state index is 12.4. The van der Waals surface area contributed by atoms with Crippen LogP contribution in [-0.2, 0) is 19.1 Å². The van der Waals surface area contributed by atoms with Gasteiger partial charge in [0.15, 0.2) is 0 Å². The summed E-state index contributed by atoms with van der Waals surface area (Å²) in [6.07, 6.45) is 15.0. The molecule has 0 aromatic carbocycles. The molecule has 0 amide bonds. The number of carbonyl (C=O) groups is 2. The number of pyridine rings is 1. The van der Waals surface area contributed by atoms with Gasteiger partial charge in [-0.15, -0.1) is 0 Å². The van der Waals surface area contributed by atoms with Crippen molar-refractivity contribution in [2.24, 2.45) is 5.92 Å². The molecule has 0 saturated carbocycles. The Kier molecular flexibility index (Phi) is 10.2. The Bertz CT molecular complexity index is 797. The first-order valence-electron chi connectivity index (χ1n) is 11.2. The average molecular weight is 426 g/mol. The summed E-state index contributed by atoms with van der Waals surface area (Å²) in [4.78, 5) is 28.2.